The zero-order chi connectivity index (χ0) is 15.8. The number of benzene rings is 1. The zero-order valence-corrected chi connectivity index (χ0v) is 13.4. The van der Waals surface area contributed by atoms with E-state index in [1.165, 1.54) is 12.0 Å². The first kappa shape index (κ1) is 16.5. The predicted octanol–water partition coefficient (Wildman–Crippen LogP) is 4.78. The van der Waals surface area contributed by atoms with Crippen LogP contribution in [0.1, 0.15) is 49.7 Å². The van der Waals surface area contributed by atoms with Crippen molar-refractivity contribution in [2.45, 2.75) is 57.0 Å². The fourth-order valence-electron chi connectivity index (χ4n) is 3.21. The van der Waals surface area contributed by atoms with E-state index in [-0.39, 0.29) is 11.6 Å². The second-order valence-electron chi connectivity index (χ2n) is 6.20. The van der Waals surface area contributed by atoms with E-state index in [4.69, 9.17) is 4.74 Å². The molecule has 1 aliphatic carbocycles. The van der Waals surface area contributed by atoms with Crippen molar-refractivity contribution >= 4 is 5.97 Å². The molecule has 0 atom stereocenters. The van der Waals surface area contributed by atoms with Crippen LogP contribution in [0.25, 0.3) is 0 Å². The number of carbonyl (C=O) groups is 1. The lowest BCUT2D eigenvalue weighted by Crippen LogP contribution is -2.37. The Morgan fingerprint density at radius 3 is 2.27 bits per heavy atom. The van der Waals surface area contributed by atoms with Gasteiger partial charge in [0.15, 0.2) is 0 Å². The van der Waals surface area contributed by atoms with E-state index < -0.39 is 0 Å². The second-order valence-corrected chi connectivity index (χ2v) is 6.20. The number of allylic oxidation sites excluding steroid dienone is 1. The van der Waals surface area contributed by atoms with Crippen LogP contribution < -0.4 is 0 Å². The first-order valence-electron chi connectivity index (χ1n) is 8.19. The van der Waals surface area contributed by atoms with Crippen molar-refractivity contribution in [2.24, 2.45) is 0 Å². The number of ether oxygens (including phenoxy) is 1. The molecule has 1 aliphatic rings. The maximum Gasteiger partial charge on any atom is 0.310 e. The van der Waals surface area contributed by atoms with Crippen molar-refractivity contribution in [3.05, 3.63) is 60.7 Å². The zero-order valence-electron chi connectivity index (χ0n) is 13.4. The minimum Gasteiger partial charge on any atom is -0.458 e. The molecule has 0 bridgehead atoms. The molecule has 0 amide bonds. The molecule has 1 aromatic rings. The quantitative estimate of drug-likeness (QED) is 0.535. The van der Waals surface area contributed by atoms with E-state index in [1.807, 2.05) is 36.4 Å². The third-order valence-electron chi connectivity index (χ3n) is 4.36. The molecule has 0 saturated heterocycles. The summed E-state index contributed by atoms with van der Waals surface area (Å²) in [6, 6.07) is 8.09. The van der Waals surface area contributed by atoms with Crippen LogP contribution in [0, 0.1) is 0 Å². The van der Waals surface area contributed by atoms with E-state index in [1.54, 1.807) is 0 Å². The molecule has 1 saturated carbocycles. The monoisotopic (exact) mass is 298 g/mol. The molecule has 1 aromatic carbocycles. The molecule has 0 heterocycles. The minimum atomic E-state index is -0.306. The summed E-state index contributed by atoms with van der Waals surface area (Å²) in [4.78, 5) is 12.3. The Morgan fingerprint density at radius 1 is 1.05 bits per heavy atom. The number of carbonyl (C=O) groups excluding carboxylic acids is 1. The SMILES string of the molecule is C=CCc1ccc(CC(=O)OC2(CC=C)CCCCC2)cc1. The molecule has 0 aromatic heterocycles. The number of rotatable bonds is 7. The topological polar surface area (TPSA) is 26.3 Å². The Morgan fingerprint density at radius 2 is 1.68 bits per heavy atom. The average Bonchev–Trinajstić information content (AvgIpc) is 2.50. The largest absolute Gasteiger partial charge is 0.458 e. The first-order chi connectivity index (χ1) is 10.7. The van der Waals surface area contributed by atoms with Crippen LogP contribution in [0.15, 0.2) is 49.6 Å². The van der Waals surface area contributed by atoms with Crippen LogP contribution in [0.4, 0.5) is 0 Å². The molecule has 2 rings (SSSR count). The molecule has 0 radical (unpaired) electrons. The van der Waals surface area contributed by atoms with Crippen molar-refractivity contribution in [1.82, 2.24) is 0 Å². The van der Waals surface area contributed by atoms with Gasteiger partial charge < -0.3 is 4.74 Å². The van der Waals surface area contributed by atoms with Gasteiger partial charge in [-0.25, -0.2) is 0 Å². The molecule has 2 heteroatoms. The highest BCUT2D eigenvalue weighted by Gasteiger charge is 2.34. The van der Waals surface area contributed by atoms with Gasteiger partial charge in [0.05, 0.1) is 6.42 Å². The van der Waals surface area contributed by atoms with Crippen molar-refractivity contribution in [1.29, 1.82) is 0 Å². The van der Waals surface area contributed by atoms with Crippen LogP contribution in [0.2, 0.25) is 0 Å². The molecule has 0 spiro atoms. The molecule has 0 unspecified atom stereocenters. The lowest BCUT2D eigenvalue weighted by atomic mass is 9.82. The van der Waals surface area contributed by atoms with Gasteiger partial charge >= 0.3 is 5.97 Å². The van der Waals surface area contributed by atoms with E-state index in [9.17, 15) is 4.79 Å². The summed E-state index contributed by atoms with van der Waals surface area (Å²) in [6.07, 6.45) is 11.1. The van der Waals surface area contributed by atoms with Gasteiger partial charge in [0, 0.05) is 6.42 Å². The molecule has 118 valence electrons. The van der Waals surface area contributed by atoms with Gasteiger partial charge in [0.25, 0.3) is 0 Å². The average molecular weight is 298 g/mol. The fraction of sp³-hybridized carbons (Fsp3) is 0.450. The third kappa shape index (κ3) is 4.59. The van der Waals surface area contributed by atoms with E-state index in [0.717, 1.165) is 44.1 Å². The standard InChI is InChI=1S/C20H26O2/c1-3-8-17-9-11-18(12-10-17)16-19(21)22-20(13-4-2)14-6-5-7-15-20/h3-4,9-12H,1-2,5-8,13-16H2. The van der Waals surface area contributed by atoms with Gasteiger partial charge in [0.1, 0.15) is 5.60 Å². The Kier molecular flexibility index (Phi) is 6.00. The fourth-order valence-corrected chi connectivity index (χ4v) is 3.21. The summed E-state index contributed by atoms with van der Waals surface area (Å²) in [5.74, 6) is -0.125. The van der Waals surface area contributed by atoms with Gasteiger partial charge in [-0.3, -0.25) is 4.79 Å². The highest BCUT2D eigenvalue weighted by atomic mass is 16.6. The van der Waals surface area contributed by atoms with Gasteiger partial charge in [-0.1, -0.05) is 42.8 Å². The lowest BCUT2D eigenvalue weighted by Gasteiger charge is -2.36. The molecule has 1 fully saturated rings. The van der Waals surface area contributed by atoms with Crippen LogP contribution in [-0.4, -0.2) is 11.6 Å². The van der Waals surface area contributed by atoms with Crippen LogP contribution >= 0.6 is 0 Å². The number of hydrogen-bond acceptors (Lipinski definition) is 2. The number of esters is 1. The molecule has 0 N–H and O–H groups in total. The molecule has 0 aliphatic heterocycles. The Labute approximate surface area is 133 Å². The van der Waals surface area contributed by atoms with Gasteiger partial charge in [0.2, 0.25) is 0 Å². The second kappa shape index (κ2) is 7.98. The van der Waals surface area contributed by atoms with Gasteiger partial charge in [-0.15, -0.1) is 13.2 Å². The van der Waals surface area contributed by atoms with Crippen LogP contribution in [0.3, 0.4) is 0 Å². The first-order valence-corrected chi connectivity index (χ1v) is 8.19. The summed E-state index contributed by atoms with van der Waals surface area (Å²) in [5.41, 5.74) is 1.91. The van der Waals surface area contributed by atoms with E-state index in [2.05, 4.69) is 13.2 Å². The Bertz CT molecular complexity index is 507. The maximum atomic E-state index is 12.3. The van der Waals surface area contributed by atoms with Gasteiger partial charge in [-0.2, -0.15) is 0 Å². The van der Waals surface area contributed by atoms with E-state index >= 15 is 0 Å². The molecule has 22 heavy (non-hydrogen) atoms. The lowest BCUT2D eigenvalue weighted by molar-refractivity contribution is -0.162. The summed E-state index contributed by atoms with van der Waals surface area (Å²) >= 11 is 0. The van der Waals surface area contributed by atoms with Crippen molar-refractivity contribution in [3.8, 4) is 0 Å². The molecular formula is C20H26O2. The van der Waals surface area contributed by atoms with Gasteiger partial charge in [-0.05, 0) is 43.2 Å². The normalized spacial score (nSPS) is 16.7. The summed E-state index contributed by atoms with van der Waals surface area (Å²) < 4.78 is 5.87. The Balaban J connectivity index is 1.95. The summed E-state index contributed by atoms with van der Waals surface area (Å²) in [5, 5.41) is 0. The maximum absolute atomic E-state index is 12.3. The van der Waals surface area contributed by atoms with Crippen molar-refractivity contribution < 1.29 is 9.53 Å². The third-order valence-corrected chi connectivity index (χ3v) is 4.36. The smallest absolute Gasteiger partial charge is 0.310 e. The highest BCUT2D eigenvalue weighted by Crippen LogP contribution is 2.35. The summed E-state index contributed by atoms with van der Waals surface area (Å²) in [7, 11) is 0. The van der Waals surface area contributed by atoms with Crippen molar-refractivity contribution in [3.63, 3.8) is 0 Å². The summed E-state index contributed by atoms with van der Waals surface area (Å²) in [6.45, 7) is 7.55. The number of hydrogen-bond donors (Lipinski definition) is 0. The van der Waals surface area contributed by atoms with E-state index in [0.29, 0.717) is 6.42 Å². The molecular weight excluding hydrogens is 272 g/mol. The Hall–Kier alpha value is -1.83. The van der Waals surface area contributed by atoms with Crippen LogP contribution in [-0.2, 0) is 22.4 Å². The van der Waals surface area contributed by atoms with Crippen molar-refractivity contribution in [2.75, 3.05) is 0 Å². The minimum absolute atomic E-state index is 0.125. The predicted molar refractivity (Wildman–Crippen MR) is 90.8 cm³/mol. The van der Waals surface area contributed by atoms with Crippen LogP contribution in [0.5, 0.6) is 0 Å². The molecule has 2 nitrogen and oxygen atoms in total. The highest BCUT2D eigenvalue weighted by molar-refractivity contribution is 5.73.